The summed E-state index contributed by atoms with van der Waals surface area (Å²) in [5, 5.41) is 5.89. The van der Waals surface area contributed by atoms with Gasteiger partial charge in [0.15, 0.2) is 0 Å². The van der Waals surface area contributed by atoms with Crippen molar-refractivity contribution in [2.75, 3.05) is 0 Å². The molecule has 4 heteroatoms. The molecule has 1 aliphatic carbocycles. The van der Waals surface area contributed by atoms with Crippen LogP contribution in [0.15, 0.2) is 18.2 Å². The summed E-state index contributed by atoms with van der Waals surface area (Å²) in [7, 11) is 0. The zero-order chi connectivity index (χ0) is 14.0. The molecule has 0 aliphatic heterocycles. The van der Waals surface area contributed by atoms with Crippen LogP contribution < -0.4 is 10.6 Å². The first-order valence-electron chi connectivity index (χ1n) is 6.82. The van der Waals surface area contributed by atoms with Gasteiger partial charge in [-0.3, -0.25) is 0 Å². The van der Waals surface area contributed by atoms with Gasteiger partial charge >= 0.3 is 6.03 Å². The van der Waals surface area contributed by atoms with Crippen LogP contribution in [0.25, 0.3) is 0 Å². The molecule has 0 saturated carbocycles. The van der Waals surface area contributed by atoms with Crippen molar-refractivity contribution in [2.24, 2.45) is 5.92 Å². The third-order valence-electron chi connectivity index (χ3n) is 3.85. The number of aryl methyl sites for hydroxylation is 1. The maximum atomic E-state index is 13.1. The predicted octanol–water partition coefficient (Wildman–Crippen LogP) is 3.16. The molecule has 1 aromatic carbocycles. The van der Waals surface area contributed by atoms with Crippen molar-refractivity contribution in [3.8, 4) is 0 Å². The molecule has 104 valence electrons. The van der Waals surface area contributed by atoms with Gasteiger partial charge in [-0.15, -0.1) is 0 Å². The van der Waals surface area contributed by atoms with Crippen molar-refractivity contribution in [1.29, 1.82) is 0 Å². The number of nitrogens with one attached hydrogen (secondary N) is 2. The molecule has 3 nitrogen and oxygen atoms in total. The average Bonchev–Trinajstić information content (AvgIpc) is 2.71. The van der Waals surface area contributed by atoms with E-state index in [4.69, 9.17) is 0 Å². The van der Waals surface area contributed by atoms with E-state index < -0.39 is 0 Å². The lowest BCUT2D eigenvalue weighted by molar-refractivity contribution is 0.230. The highest BCUT2D eigenvalue weighted by atomic mass is 19.1. The molecular formula is C15H21FN2O. The van der Waals surface area contributed by atoms with Crippen molar-refractivity contribution in [3.63, 3.8) is 0 Å². The maximum absolute atomic E-state index is 13.1. The van der Waals surface area contributed by atoms with Crippen LogP contribution in [0.3, 0.4) is 0 Å². The minimum atomic E-state index is -0.211. The molecule has 0 spiro atoms. The van der Waals surface area contributed by atoms with Crippen LogP contribution in [0.4, 0.5) is 9.18 Å². The lowest BCUT2D eigenvalue weighted by atomic mass is 10.1. The summed E-state index contributed by atoms with van der Waals surface area (Å²) in [6.45, 7) is 6.12. The highest BCUT2D eigenvalue weighted by Crippen LogP contribution is 2.31. The second-order valence-corrected chi connectivity index (χ2v) is 5.58. The molecule has 19 heavy (non-hydrogen) atoms. The normalized spacial score (nSPS) is 19.1. The van der Waals surface area contributed by atoms with E-state index in [0.717, 1.165) is 24.0 Å². The number of amides is 2. The molecule has 0 radical (unpaired) electrons. The lowest BCUT2D eigenvalue weighted by Gasteiger charge is -2.20. The van der Waals surface area contributed by atoms with Crippen LogP contribution in [0.1, 0.15) is 44.4 Å². The quantitative estimate of drug-likeness (QED) is 0.865. The maximum Gasteiger partial charge on any atom is 0.315 e. The van der Waals surface area contributed by atoms with Gasteiger partial charge in [0.25, 0.3) is 0 Å². The van der Waals surface area contributed by atoms with Gasteiger partial charge in [0.1, 0.15) is 5.82 Å². The summed E-state index contributed by atoms with van der Waals surface area (Å²) in [6, 6.07) is 4.76. The van der Waals surface area contributed by atoms with Gasteiger partial charge in [-0.2, -0.15) is 0 Å². The number of rotatable bonds is 3. The van der Waals surface area contributed by atoms with E-state index in [9.17, 15) is 9.18 Å². The summed E-state index contributed by atoms with van der Waals surface area (Å²) in [4.78, 5) is 11.9. The van der Waals surface area contributed by atoms with Crippen LogP contribution in [0.2, 0.25) is 0 Å². The Balaban J connectivity index is 1.97. The monoisotopic (exact) mass is 264 g/mol. The van der Waals surface area contributed by atoms with Gasteiger partial charge in [-0.25, -0.2) is 9.18 Å². The smallest absolute Gasteiger partial charge is 0.315 e. The molecule has 1 aromatic rings. The fourth-order valence-electron chi connectivity index (χ4n) is 2.31. The Kier molecular flexibility index (Phi) is 4.08. The predicted molar refractivity (Wildman–Crippen MR) is 73.4 cm³/mol. The lowest BCUT2D eigenvalue weighted by Crippen LogP contribution is -2.43. The Bertz CT molecular complexity index is 473. The van der Waals surface area contributed by atoms with Crippen LogP contribution in [-0.2, 0) is 6.42 Å². The Labute approximate surface area is 113 Å². The van der Waals surface area contributed by atoms with Gasteiger partial charge in [0, 0.05) is 6.04 Å². The van der Waals surface area contributed by atoms with E-state index in [1.807, 2.05) is 6.92 Å². The fourth-order valence-corrected chi connectivity index (χ4v) is 2.31. The minimum Gasteiger partial charge on any atom is -0.335 e. The number of hydrogen-bond donors (Lipinski definition) is 2. The molecule has 0 fully saturated rings. The molecule has 0 aromatic heterocycles. The van der Waals surface area contributed by atoms with Crippen LogP contribution in [0.5, 0.6) is 0 Å². The molecule has 2 N–H and O–H groups in total. The molecule has 0 heterocycles. The summed E-state index contributed by atoms with van der Waals surface area (Å²) < 4.78 is 13.1. The molecule has 0 saturated heterocycles. The third-order valence-corrected chi connectivity index (χ3v) is 3.85. The number of carbonyl (C=O) groups is 1. The van der Waals surface area contributed by atoms with Gasteiger partial charge in [-0.1, -0.05) is 19.9 Å². The number of fused-ring (bicyclic) bond motifs is 1. The fraction of sp³-hybridized carbons (Fsp3) is 0.533. The van der Waals surface area contributed by atoms with E-state index >= 15 is 0 Å². The second-order valence-electron chi connectivity index (χ2n) is 5.58. The Hall–Kier alpha value is -1.58. The molecule has 2 amide bonds. The Morgan fingerprint density at radius 1 is 1.37 bits per heavy atom. The SMILES string of the molecule is CC(C)C(C)NC(=O)NC1CCc2cc(F)ccc21. The highest BCUT2D eigenvalue weighted by molar-refractivity contribution is 5.75. The average molecular weight is 264 g/mol. The number of urea groups is 1. The molecule has 0 bridgehead atoms. The van der Waals surface area contributed by atoms with Crippen molar-refractivity contribution >= 4 is 6.03 Å². The third kappa shape index (κ3) is 3.25. The van der Waals surface area contributed by atoms with Crippen LogP contribution in [-0.4, -0.2) is 12.1 Å². The number of carbonyl (C=O) groups excluding carboxylic acids is 1. The van der Waals surface area contributed by atoms with Gasteiger partial charge in [0.2, 0.25) is 0 Å². The van der Waals surface area contributed by atoms with Crippen molar-refractivity contribution in [1.82, 2.24) is 10.6 Å². The first-order valence-corrected chi connectivity index (χ1v) is 6.82. The summed E-state index contributed by atoms with van der Waals surface area (Å²) in [5.41, 5.74) is 2.04. The van der Waals surface area contributed by atoms with Crippen LogP contribution in [0, 0.1) is 11.7 Å². The van der Waals surface area contributed by atoms with Crippen molar-refractivity contribution in [2.45, 2.75) is 45.7 Å². The second kappa shape index (κ2) is 5.59. The van der Waals surface area contributed by atoms with E-state index in [1.54, 1.807) is 12.1 Å². The molecule has 2 atom stereocenters. The minimum absolute atomic E-state index is 0.00466. The van der Waals surface area contributed by atoms with E-state index in [0.29, 0.717) is 5.92 Å². The highest BCUT2D eigenvalue weighted by Gasteiger charge is 2.24. The summed E-state index contributed by atoms with van der Waals surface area (Å²) in [6.07, 6.45) is 1.65. The number of halogens is 1. The first-order chi connectivity index (χ1) is 8.97. The van der Waals surface area contributed by atoms with Crippen molar-refractivity contribution in [3.05, 3.63) is 35.1 Å². The van der Waals surface area contributed by atoms with Gasteiger partial charge in [-0.05, 0) is 48.9 Å². The topological polar surface area (TPSA) is 41.1 Å². The standard InChI is InChI=1S/C15H21FN2O/c1-9(2)10(3)17-15(19)18-14-7-4-11-8-12(16)5-6-13(11)14/h5-6,8-10,14H,4,7H2,1-3H3,(H2,17,18,19). The summed E-state index contributed by atoms with van der Waals surface area (Å²) in [5.74, 6) is 0.188. The summed E-state index contributed by atoms with van der Waals surface area (Å²) >= 11 is 0. The largest absolute Gasteiger partial charge is 0.335 e. The number of hydrogen-bond acceptors (Lipinski definition) is 1. The molecule has 2 unspecified atom stereocenters. The molecule has 1 aliphatic rings. The number of benzene rings is 1. The molecule has 2 rings (SSSR count). The van der Waals surface area contributed by atoms with Gasteiger partial charge in [0.05, 0.1) is 6.04 Å². The zero-order valence-electron chi connectivity index (χ0n) is 11.7. The van der Waals surface area contributed by atoms with Gasteiger partial charge < -0.3 is 10.6 Å². The van der Waals surface area contributed by atoms with E-state index in [-0.39, 0.29) is 23.9 Å². The van der Waals surface area contributed by atoms with E-state index in [1.165, 1.54) is 6.07 Å². The first kappa shape index (κ1) is 13.8. The van der Waals surface area contributed by atoms with Crippen LogP contribution >= 0.6 is 0 Å². The Morgan fingerprint density at radius 3 is 2.79 bits per heavy atom. The van der Waals surface area contributed by atoms with Crippen molar-refractivity contribution < 1.29 is 9.18 Å². The van der Waals surface area contributed by atoms with E-state index in [2.05, 4.69) is 24.5 Å². The zero-order valence-corrected chi connectivity index (χ0v) is 11.7. The Morgan fingerprint density at radius 2 is 2.11 bits per heavy atom. The molecular weight excluding hydrogens is 243 g/mol.